The Bertz CT molecular complexity index is 465. The molecule has 0 unspecified atom stereocenters. The standard InChI is InChI=1S/C12H14FN3/c13-12-5-11(6-15-7-12)9-16-4-2-10(8-16)1-3-14/h2,4-8H,1,3,9,14H2. The fourth-order valence-electron chi connectivity index (χ4n) is 1.66. The van der Waals surface area contributed by atoms with Gasteiger partial charge in [0.15, 0.2) is 0 Å². The van der Waals surface area contributed by atoms with Gasteiger partial charge in [-0.25, -0.2) is 4.39 Å². The van der Waals surface area contributed by atoms with Crippen LogP contribution >= 0.6 is 0 Å². The lowest BCUT2D eigenvalue weighted by Gasteiger charge is -2.02. The maximum Gasteiger partial charge on any atom is 0.141 e. The van der Waals surface area contributed by atoms with Gasteiger partial charge >= 0.3 is 0 Å². The SMILES string of the molecule is NCCc1ccn(Cc2cncc(F)c2)c1. The van der Waals surface area contributed by atoms with Gasteiger partial charge in [0, 0.05) is 25.1 Å². The summed E-state index contributed by atoms with van der Waals surface area (Å²) in [4.78, 5) is 3.82. The quantitative estimate of drug-likeness (QED) is 0.848. The molecule has 0 radical (unpaired) electrons. The Morgan fingerprint density at radius 3 is 2.94 bits per heavy atom. The van der Waals surface area contributed by atoms with Crippen molar-refractivity contribution in [1.82, 2.24) is 9.55 Å². The normalized spacial score (nSPS) is 10.6. The van der Waals surface area contributed by atoms with Gasteiger partial charge in [0.05, 0.1) is 6.20 Å². The third-order valence-electron chi connectivity index (χ3n) is 2.37. The van der Waals surface area contributed by atoms with E-state index in [0.717, 1.165) is 12.0 Å². The lowest BCUT2D eigenvalue weighted by atomic mass is 10.2. The molecule has 0 bridgehead atoms. The third kappa shape index (κ3) is 2.67. The van der Waals surface area contributed by atoms with Crippen LogP contribution in [0.25, 0.3) is 0 Å². The minimum Gasteiger partial charge on any atom is -0.350 e. The fraction of sp³-hybridized carbons (Fsp3) is 0.250. The molecule has 0 fully saturated rings. The van der Waals surface area contributed by atoms with E-state index < -0.39 is 0 Å². The minimum absolute atomic E-state index is 0.299. The van der Waals surface area contributed by atoms with Crippen LogP contribution in [0.2, 0.25) is 0 Å². The number of hydrogen-bond donors (Lipinski definition) is 1. The molecule has 2 aromatic heterocycles. The topological polar surface area (TPSA) is 43.8 Å². The van der Waals surface area contributed by atoms with Crippen molar-refractivity contribution in [3.8, 4) is 0 Å². The van der Waals surface area contributed by atoms with Crippen molar-refractivity contribution in [2.24, 2.45) is 5.73 Å². The summed E-state index contributed by atoms with van der Waals surface area (Å²) in [5.41, 5.74) is 7.53. The Labute approximate surface area is 93.7 Å². The first-order valence-corrected chi connectivity index (χ1v) is 5.22. The van der Waals surface area contributed by atoms with E-state index in [1.165, 1.54) is 17.8 Å². The van der Waals surface area contributed by atoms with Crippen molar-refractivity contribution >= 4 is 0 Å². The molecule has 2 N–H and O–H groups in total. The molecular weight excluding hydrogens is 205 g/mol. The molecule has 0 atom stereocenters. The first-order chi connectivity index (χ1) is 7.78. The van der Waals surface area contributed by atoms with Gasteiger partial charge in [-0.2, -0.15) is 0 Å². The van der Waals surface area contributed by atoms with Crippen molar-refractivity contribution in [1.29, 1.82) is 0 Å². The Hall–Kier alpha value is -1.68. The Morgan fingerprint density at radius 1 is 1.31 bits per heavy atom. The molecule has 0 aliphatic heterocycles. The van der Waals surface area contributed by atoms with Gasteiger partial charge in [0.2, 0.25) is 0 Å². The zero-order valence-electron chi connectivity index (χ0n) is 8.94. The van der Waals surface area contributed by atoms with Crippen LogP contribution in [0.5, 0.6) is 0 Å². The average molecular weight is 219 g/mol. The second-order valence-corrected chi connectivity index (χ2v) is 3.74. The van der Waals surface area contributed by atoms with Gasteiger partial charge in [-0.1, -0.05) is 0 Å². The minimum atomic E-state index is -0.299. The number of nitrogens with two attached hydrogens (primary N) is 1. The fourth-order valence-corrected chi connectivity index (χ4v) is 1.66. The Balaban J connectivity index is 2.08. The summed E-state index contributed by atoms with van der Waals surface area (Å²) in [6.45, 7) is 1.28. The highest BCUT2D eigenvalue weighted by Crippen LogP contribution is 2.07. The summed E-state index contributed by atoms with van der Waals surface area (Å²) < 4.78 is 14.9. The van der Waals surface area contributed by atoms with Gasteiger partial charge in [-0.3, -0.25) is 4.98 Å². The van der Waals surface area contributed by atoms with Crippen LogP contribution in [-0.4, -0.2) is 16.1 Å². The molecule has 2 aromatic rings. The van der Waals surface area contributed by atoms with Gasteiger partial charge in [-0.05, 0) is 36.2 Å². The van der Waals surface area contributed by atoms with Crippen LogP contribution in [-0.2, 0) is 13.0 Å². The second kappa shape index (κ2) is 4.90. The highest BCUT2D eigenvalue weighted by molar-refractivity contribution is 5.15. The number of rotatable bonds is 4. The first kappa shape index (κ1) is 10.8. The molecule has 3 nitrogen and oxygen atoms in total. The van der Waals surface area contributed by atoms with Crippen LogP contribution < -0.4 is 5.73 Å². The number of halogens is 1. The summed E-state index contributed by atoms with van der Waals surface area (Å²) in [7, 11) is 0. The molecule has 2 heterocycles. The highest BCUT2D eigenvalue weighted by Gasteiger charge is 1.99. The maximum atomic E-state index is 12.9. The van der Waals surface area contributed by atoms with E-state index in [2.05, 4.69) is 4.98 Å². The zero-order chi connectivity index (χ0) is 11.4. The number of nitrogens with zero attached hydrogens (tertiary/aromatic N) is 2. The van der Waals surface area contributed by atoms with E-state index in [-0.39, 0.29) is 5.82 Å². The van der Waals surface area contributed by atoms with Crippen LogP contribution in [0.3, 0.4) is 0 Å². The van der Waals surface area contributed by atoms with E-state index in [4.69, 9.17) is 5.73 Å². The lowest BCUT2D eigenvalue weighted by molar-refractivity contribution is 0.616. The summed E-state index contributed by atoms with van der Waals surface area (Å²) in [6.07, 6.45) is 7.74. The van der Waals surface area contributed by atoms with Gasteiger partial charge < -0.3 is 10.3 Å². The summed E-state index contributed by atoms with van der Waals surface area (Å²) in [6, 6.07) is 3.52. The molecular formula is C12H14FN3. The maximum absolute atomic E-state index is 12.9. The summed E-state index contributed by atoms with van der Waals surface area (Å²) >= 11 is 0. The first-order valence-electron chi connectivity index (χ1n) is 5.22. The Kier molecular flexibility index (Phi) is 3.31. The summed E-state index contributed by atoms with van der Waals surface area (Å²) in [5, 5.41) is 0. The molecule has 0 aromatic carbocycles. The number of pyridine rings is 1. The number of aromatic nitrogens is 2. The molecule has 0 saturated carbocycles. The molecule has 0 amide bonds. The van der Waals surface area contributed by atoms with Crippen molar-refractivity contribution < 1.29 is 4.39 Å². The largest absolute Gasteiger partial charge is 0.350 e. The van der Waals surface area contributed by atoms with Gasteiger partial charge in [-0.15, -0.1) is 0 Å². The molecule has 0 spiro atoms. The zero-order valence-corrected chi connectivity index (χ0v) is 8.94. The van der Waals surface area contributed by atoms with Crippen LogP contribution in [0, 0.1) is 5.82 Å². The third-order valence-corrected chi connectivity index (χ3v) is 2.37. The van der Waals surface area contributed by atoms with E-state index in [1.54, 1.807) is 6.20 Å². The van der Waals surface area contributed by atoms with E-state index >= 15 is 0 Å². The molecule has 2 rings (SSSR count). The van der Waals surface area contributed by atoms with Gasteiger partial charge in [0.25, 0.3) is 0 Å². The molecule has 0 saturated heterocycles. The average Bonchev–Trinajstić information content (AvgIpc) is 2.66. The highest BCUT2D eigenvalue weighted by atomic mass is 19.1. The Morgan fingerprint density at radius 2 is 2.19 bits per heavy atom. The van der Waals surface area contributed by atoms with E-state index in [0.29, 0.717) is 13.1 Å². The van der Waals surface area contributed by atoms with Crippen LogP contribution in [0.4, 0.5) is 4.39 Å². The van der Waals surface area contributed by atoms with Crippen LogP contribution in [0.1, 0.15) is 11.1 Å². The van der Waals surface area contributed by atoms with Gasteiger partial charge in [0.1, 0.15) is 5.82 Å². The molecule has 0 aliphatic carbocycles. The molecule has 16 heavy (non-hydrogen) atoms. The van der Waals surface area contributed by atoms with Crippen molar-refractivity contribution in [2.75, 3.05) is 6.54 Å². The van der Waals surface area contributed by atoms with Crippen molar-refractivity contribution in [3.63, 3.8) is 0 Å². The van der Waals surface area contributed by atoms with Crippen molar-refractivity contribution in [3.05, 3.63) is 53.9 Å². The summed E-state index contributed by atoms with van der Waals surface area (Å²) in [5.74, 6) is -0.299. The van der Waals surface area contributed by atoms with E-state index in [1.807, 2.05) is 23.0 Å². The lowest BCUT2D eigenvalue weighted by Crippen LogP contribution is -2.02. The molecule has 84 valence electrons. The molecule has 4 heteroatoms. The predicted octanol–water partition coefficient (Wildman–Crippen LogP) is 1.57. The smallest absolute Gasteiger partial charge is 0.141 e. The number of hydrogen-bond acceptors (Lipinski definition) is 2. The monoisotopic (exact) mass is 219 g/mol. The van der Waals surface area contributed by atoms with Crippen LogP contribution in [0.15, 0.2) is 36.9 Å². The van der Waals surface area contributed by atoms with Crippen molar-refractivity contribution in [2.45, 2.75) is 13.0 Å². The van der Waals surface area contributed by atoms with E-state index in [9.17, 15) is 4.39 Å². The second-order valence-electron chi connectivity index (χ2n) is 3.74. The predicted molar refractivity (Wildman–Crippen MR) is 60.5 cm³/mol. The molecule has 0 aliphatic rings.